The van der Waals surface area contributed by atoms with Gasteiger partial charge in [-0.3, -0.25) is 9.48 Å². The minimum Gasteiger partial charge on any atom is -0.352 e. The second-order valence-corrected chi connectivity index (χ2v) is 4.39. The van der Waals surface area contributed by atoms with Gasteiger partial charge in [0.2, 0.25) is 5.91 Å². The molecule has 0 saturated heterocycles. The van der Waals surface area contributed by atoms with Crippen molar-refractivity contribution in [3.8, 4) is 0 Å². The van der Waals surface area contributed by atoms with Crippen LogP contribution >= 0.6 is 15.9 Å². The van der Waals surface area contributed by atoms with Gasteiger partial charge in [-0.2, -0.15) is 5.10 Å². The van der Waals surface area contributed by atoms with Crippen molar-refractivity contribution >= 4 is 21.8 Å². The van der Waals surface area contributed by atoms with Gasteiger partial charge in [-0.05, 0) is 36.7 Å². The molecule has 0 aliphatic rings. The molecule has 0 saturated carbocycles. The molecule has 1 aromatic rings. The molecule has 1 heterocycles. The van der Waals surface area contributed by atoms with Crippen LogP contribution in [-0.4, -0.2) is 21.7 Å². The van der Waals surface area contributed by atoms with Crippen molar-refractivity contribution in [3.63, 3.8) is 0 Å². The van der Waals surface area contributed by atoms with E-state index in [1.54, 1.807) is 17.1 Å². The minimum absolute atomic E-state index is 0.0180. The van der Waals surface area contributed by atoms with E-state index in [1.165, 1.54) is 0 Å². The lowest BCUT2D eigenvalue weighted by Crippen LogP contribution is -2.35. The lowest BCUT2D eigenvalue weighted by Gasteiger charge is -2.14. The maximum Gasteiger partial charge on any atom is 0.244 e. The van der Waals surface area contributed by atoms with Crippen LogP contribution in [0.4, 0.5) is 0 Å². The number of hydrogen-bond acceptors (Lipinski definition) is 2. The summed E-state index contributed by atoms with van der Waals surface area (Å²) in [5, 5.41) is 6.89. The molecule has 14 heavy (non-hydrogen) atoms. The van der Waals surface area contributed by atoms with Crippen molar-refractivity contribution < 1.29 is 4.79 Å². The fourth-order valence-corrected chi connectivity index (χ4v) is 1.35. The Kier molecular flexibility index (Phi) is 3.69. The molecular weight excluding hydrogens is 246 g/mol. The Hall–Kier alpha value is -0.840. The molecule has 0 spiro atoms. The van der Waals surface area contributed by atoms with Crippen molar-refractivity contribution in [2.45, 2.75) is 32.9 Å². The Balaban J connectivity index is 2.65. The second kappa shape index (κ2) is 4.59. The SMILES string of the molecule is CC(C)NC(=O)[C@@H](C)n1cc(Br)cn1. The predicted octanol–water partition coefficient (Wildman–Crippen LogP) is 1.73. The topological polar surface area (TPSA) is 46.9 Å². The summed E-state index contributed by atoms with van der Waals surface area (Å²) in [7, 11) is 0. The Labute approximate surface area is 91.8 Å². The average molecular weight is 260 g/mol. The molecule has 1 rings (SSSR count). The van der Waals surface area contributed by atoms with E-state index < -0.39 is 0 Å². The van der Waals surface area contributed by atoms with Crippen molar-refractivity contribution in [3.05, 3.63) is 16.9 Å². The van der Waals surface area contributed by atoms with Crippen LogP contribution in [0.15, 0.2) is 16.9 Å². The van der Waals surface area contributed by atoms with Crippen molar-refractivity contribution in [1.29, 1.82) is 0 Å². The molecule has 1 N–H and O–H groups in total. The second-order valence-electron chi connectivity index (χ2n) is 3.48. The van der Waals surface area contributed by atoms with E-state index in [0.717, 1.165) is 4.47 Å². The number of hydrogen-bond donors (Lipinski definition) is 1. The van der Waals surface area contributed by atoms with Crippen molar-refractivity contribution in [1.82, 2.24) is 15.1 Å². The van der Waals surface area contributed by atoms with Crippen LogP contribution in [0.2, 0.25) is 0 Å². The van der Waals surface area contributed by atoms with E-state index in [4.69, 9.17) is 0 Å². The van der Waals surface area contributed by atoms with Gasteiger partial charge in [-0.25, -0.2) is 0 Å². The summed E-state index contributed by atoms with van der Waals surface area (Å²) in [4.78, 5) is 11.6. The zero-order valence-corrected chi connectivity index (χ0v) is 10.1. The smallest absolute Gasteiger partial charge is 0.244 e. The maximum absolute atomic E-state index is 11.6. The van der Waals surface area contributed by atoms with E-state index in [0.29, 0.717) is 0 Å². The molecule has 0 unspecified atom stereocenters. The van der Waals surface area contributed by atoms with Gasteiger partial charge in [0.05, 0.1) is 10.7 Å². The minimum atomic E-state index is -0.274. The van der Waals surface area contributed by atoms with Crippen LogP contribution in [0.25, 0.3) is 0 Å². The third-order valence-electron chi connectivity index (χ3n) is 1.78. The van der Waals surface area contributed by atoms with Crippen LogP contribution in [0.5, 0.6) is 0 Å². The first-order chi connectivity index (χ1) is 6.50. The van der Waals surface area contributed by atoms with Crippen molar-refractivity contribution in [2.24, 2.45) is 0 Å². The summed E-state index contributed by atoms with van der Waals surface area (Å²) in [6.07, 6.45) is 3.45. The summed E-state index contributed by atoms with van der Waals surface area (Å²) in [6.45, 7) is 5.68. The molecule has 1 aromatic heterocycles. The van der Waals surface area contributed by atoms with Crippen molar-refractivity contribution in [2.75, 3.05) is 0 Å². The Bertz CT molecular complexity index is 322. The fourth-order valence-electron chi connectivity index (χ4n) is 1.05. The summed E-state index contributed by atoms with van der Waals surface area (Å²) < 4.78 is 2.50. The number of carbonyl (C=O) groups excluding carboxylic acids is 1. The highest BCUT2D eigenvalue weighted by Crippen LogP contribution is 2.11. The van der Waals surface area contributed by atoms with Gasteiger partial charge >= 0.3 is 0 Å². The number of carbonyl (C=O) groups is 1. The third-order valence-corrected chi connectivity index (χ3v) is 2.19. The summed E-state index contributed by atoms with van der Waals surface area (Å²) in [5.41, 5.74) is 0. The fraction of sp³-hybridized carbons (Fsp3) is 0.556. The molecule has 0 aliphatic carbocycles. The molecule has 4 nitrogen and oxygen atoms in total. The number of halogens is 1. The summed E-state index contributed by atoms with van der Waals surface area (Å²) in [5.74, 6) is -0.0180. The highest BCUT2D eigenvalue weighted by atomic mass is 79.9. The largest absolute Gasteiger partial charge is 0.352 e. The van der Waals surface area contributed by atoms with Gasteiger partial charge in [-0.1, -0.05) is 0 Å². The number of nitrogens with one attached hydrogen (secondary N) is 1. The number of nitrogens with zero attached hydrogens (tertiary/aromatic N) is 2. The van der Waals surface area contributed by atoms with Gasteiger partial charge < -0.3 is 5.32 Å². The van der Waals surface area contributed by atoms with Gasteiger partial charge in [0.25, 0.3) is 0 Å². The van der Waals surface area contributed by atoms with Crippen LogP contribution in [0, 0.1) is 0 Å². The first-order valence-corrected chi connectivity index (χ1v) is 5.30. The normalized spacial score (nSPS) is 12.9. The van der Waals surface area contributed by atoms with Crippen LogP contribution in [-0.2, 0) is 4.79 Å². The number of rotatable bonds is 3. The monoisotopic (exact) mass is 259 g/mol. The highest BCUT2D eigenvalue weighted by molar-refractivity contribution is 9.10. The zero-order valence-electron chi connectivity index (χ0n) is 8.49. The molecule has 0 aliphatic heterocycles. The van der Waals surface area contributed by atoms with E-state index in [9.17, 15) is 4.79 Å². The maximum atomic E-state index is 11.6. The number of aromatic nitrogens is 2. The van der Waals surface area contributed by atoms with E-state index >= 15 is 0 Å². The molecule has 5 heteroatoms. The van der Waals surface area contributed by atoms with Crippen LogP contribution < -0.4 is 5.32 Å². The predicted molar refractivity (Wildman–Crippen MR) is 57.9 cm³/mol. The van der Waals surface area contributed by atoms with Gasteiger partial charge in [0, 0.05) is 12.2 Å². The van der Waals surface area contributed by atoms with Gasteiger partial charge in [0.1, 0.15) is 6.04 Å². The number of amides is 1. The third kappa shape index (κ3) is 2.83. The Morgan fingerprint density at radius 2 is 2.21 bits per heavy atom. The molecule has 1 atom stereocenters. The molecular formula is C9H14BrN3O. The van der Waals surface area contributed by atoms with Gasteiger partial charge in [-0.15, -0.1) is 0 Å². The summed E-state index contributed by atoms with van der Waals surface area (Å²) in [6, 6.07) is -0.118. The lowest BCUT2D eigenvalue weighted by atomic mass is 10.3. The quantitative estimate of drug-likeness (QED) is 0.899. The first kappa shape index (κ1) is 11.2. The summed E-state index contributed by atoms with van der Waals surface area (Å²) >= 11 is 3.29. The Morgan fingerprint density at radius 1 is 1.57 bits per heavy atom. The Morgan fingerprint density at radius 3 is 2.64 bits per heavy atom. The first-order valence-electron chi connectivity index (χ1n) is 4.50. The van der Waals surface area contributed by atoms with Crippen LogP contribution in [0.3, 0.4) is 0 Å². The molecule has 1 amide bonds. The lowest BCUT2D eigenvalue weighted by molar-refractivity contribution is -0.124. The van der Waals surface area contributed by atoms with Gasteiger partial charge in [0.15, 0.2) is 0 Å². The highest BCUT2D eigenvalue weighted by Gasteiger charge is 2.15. The molecule has 0 fully saturated rings. The van der Waals surface area contributed by atoms with E-state index in [-0.39, 0.29) is 18.0 Å². The van der Waals surface area contributed by atoms with E-state index in [1.807, 2.05) is 20.8 Å². The van der Waals surface area contributed by atoms with Crippen LogP contribution in [0.1, 0.15) is 26.8 Å². The van der Waals surface area contributed by atoms with E-state index in [2.05, 4.69) is 26.3 Å². The molecule has 0 aromatic carbocycles. The average Bonchev–Trinajstić information content (AvgIpc) is 2.49. The molecule has 0 radical (unpaired) electrons. The standard InChI is InChI=1S/C9H14BrN3O/c1-6(2)12-9(14)7(3)13-5-8(10)4-11-13/h4-7H,1-3H3,(H,12,14)/t7-/m1/s1. The zero-order chi connectivity index (χ0) is 10.7. The molecule has 78 valence electrons. The molecule has 0 bridgehead atoms.